The van der Waals surface area contributed by atoms with Crippen molar-refractivity contribution in [3.63, 3.8) is 0 Å². The van der Waals surface area contributed by atoms with E-state index in [2.05, 4.69) is 15.4 Å². The van der Waals surface area contributed by atoms with Crippen molar-refractivity contribution in [1.29, 1.82) is 0 Å². The van der Waals surface area contributed by atoms with Gasteiger partial charge in [0.15, 0.2) is 0 Å². The highest BCUT2D eigenvalue weighted by Crippen LogP contribution is 2.38. The van der Waals surface area contributed by atoms with Crippen LogP contribution in [0.15, 0.2) is 66.1 Å². The van der Waals surface area contributed by atoms with Gasteiger partial charge in [0.05, 0.1) is 12.2 Å². The molecule has 4 rings (SSSR count). The molecule has 1 N–H and O–H groups in total. The number of nitrogens with one attached hydrogen (secondary N) is 1. The third kappa shape index (κ3) is 4.50. The SMILES string of the molecule is CCOC(=O)C1=C(C)N(CC(=O)Nc2cccc(C)c2)c2ncnn2[C@@H]1c1ccc(C)cc1. The van der Waals surface area contributed by atoms with Gasteiger partial charge in [-0.3, -0.25) is 4.79 Å². The van der Waals surface area contributed by atoms with Gasteiger partial charge in [-0.25, -0.2) is 9.48 Å². The number of hydrogen-bond donors (Lipinski definition) is 1. The summed E-state index contributed by atoms with van der Waals surface area (Å²) in [5.74, 6) is -0.178. The number of benzene rings is 2. The number of allylic oxidation sites excluding steroid dienone is 1. The van der Waals surface area contributed by atoms with Crippen LogP contribution in [0.5, 0.6) is 0 Å². The van der Waals surface area contributed by atoms with Gasteiger partial charge >= 0.3 is 5.97 Å². The normalized spacial score (nSPS) is 15.3. The number of carbonyl (C=O) groups excluding carboxylic acids is 2. The van der Waals surface area contributed by atoms with Gasteiger partial charge in [-0.2, -0.15) is 10.1 Å². The van der Waals surface area contributed by atoms with Crippen molar-refractivity contribution in [3.05, 3.63) is 82.8 Å². The number of ether oxygens (including phenoxy) is 1. The molecule has 1 aliphatic rings. The second kappa shape index (κ2) is 9.28. The number of aromatic nitrogens is 3. The van der Waals surface area contributed by atoms with E-state index >= 15 is 0 Å². The van der Waals surface area contributed by atoms with Crippen LogP contribution in [0.2, 0.25) is 0 Å². The minimum Gasteiger partial charge on any atom is -0.463 e. The minimum atomic E-state index is -0.502. The van der Waals surface area contributed by atoms with Crippen LogP contribution >= 0.6 is 0 Å². The molecule has 8 heteroatoms. The molecule has 1 amide bonds. The van der Waals surface area contributed by atoms with E-state index in [0.29, 0.717) is 22.9 Å². The third-order valence-corrected chi connectivity index (χ3v) is 5.60. The highest BCUT2D eigenvalue weighted by molar-refractivity contribution is 5.96. The van der Waals surface area contributed by atoms with Crippen molar-refractivity contribution in [3.8, 4) is 0 Å². The maximum absolute atomic E-state index is 13.1. The lowest BCUT2D eigenvalue weighted by Gasteiger charge is -2.35. The average Bonchev–Trinajstić information content (AvgIpc) is 3.25. The number of hydrogen-bond acceptors (Lipinski definition) is 6. The standard InChI is InChI=1S/C25H27N5O3/c1-5-33-24(32)22-18(4)29(14-21(31)28-20-8-6-7-17(3)13-20)25-26-15-27-30(25)23(22)19-11-9-16(2)10-12-19/h6-13,15,23H,5,14H2,1-4H3,(H,28,31)/t23-/m1/s1. The summed E-state index contributed by atoms with van der Waals surface area (Å²) in [6.07, 6.45) is 1.43. The predicted molar refractivity (Wildman–Crippen MR) is 126 cm³/mol. The fraction of sp³-hybridized carbons (Fsp3) is 0.280. The largest absolute Gasteiger partial charge is 0.463 e. The molecule has 0 radical (unpaired) electrons. The van der Waals surface area contributed by atoms with E-state index < -0.39 is 12.0 Å². The topological polar surface area (TPSA) is 89.3 Å². The van der Waals surface area contributed by atoms with Gasteiger partial charge in [0, 0.05) is 11.4 Å². The molecule has 0 unspecified atom stereocenters. The van der Waals surface area contributed by atoms with Crippen molar-refractivity contribution < 1.29 is 14.3 Å². The Labute approximate surface area is 192 Å². The summed E-state index contributed by atoms with van der Waals surface area (Å²) in [4.78, 5) is 32.1. The van der Waals surface area contributed by atoms with Gasteiger partial charge in [-0.1, -0.05) is 42.0 Å². The lowest BCUT2D eigenvalue weighted by atomic mass is 9.94. The monoisotopic (exact) mass is 445 g/mol. The lowest BCUT2D eigenvalue weighted by molar-refractivity contribution is -0.139. The zero-order valence-corrected chi connectivity index (χ0v) is 19.2. The minimum absolute atomic E-state index is 0.0258. The maximum Gasteiger partial charge on any atom is 0.338 e. The number of fused-ring (bicyclic) bond motifs is 1. The second-order valence-corrected chi connectivity index (χ2v) is 8.04. The highest BCUT2D eigenvalue weighted by Gasteiger charge is 2.38. The molecule has 0 aliphatic carbocycles. The maximum atomic E-state index is 13.1. The van der Waals surface area contributed by atoms with Crippen LogP contribution in [-0.2, 0) is 14.3 Å². The summed E-state index contributed by atoms with van der Waals surface area (Å²) in [6, 6.07) is 15.0. The van der Waals surface area contributed by atoms with Gasteiger partial charge in [-0.05, 0) is 51.0 Å². The number of nitrogens with zero attached hydrogens (tertiary/aromatic N) is 4. The van der Waals surface area contributed by atoms with Crippen LogP contribution in [0.3, 0.4) is 0 Å². The Hall–Kier alpha value is -3.94. The molecule has 2 aromatic carbocycles. The molecule has 8 nitrogen and oxygen atoms in total. The molecule has 170 valence electrons. The molecule has 0 fully saturated rings. The van der Waals surface area contributed by atoms with Crippen LogP contribution in [0, 0.1) is 13.8 Å². The molecule has 1 aliphatic heterocycles. The van der Waals surface area contributed by atoms with E-state index in [-0.39, 0.29) is 19.1 Å². The van der Waals surface area contributed by atoms with Crippen LogP contribution in [0.1, 0.15) is 36.6 Å². The van der Waals surface area contributed by atoms with Crippen LogP contribution in [0.25, 0.3) is 0 Å². The Morgan fingerprint density at radius 1 is 1.06 bits per heavy atom. The summed E-state index contributed by atoms with van der Waals surface area (Å²) in [7, 11) is 0. The predicted octanol–water partition coefficient (Wildman–Crippen LogP) is 3.78. The highest BCUT2D eigenvalue weighted by atomic mass is 16.5. The van der Waals surface area contributed by atoms with Crippen molar-refractivity contribution in [2.75, 3.05) is 23.4 Å². The fourth-order valence-electron chi connectivity index (χ4n) is 4.02. The van der Waals surface area contributed by atoms with Gasteiger partial charge in [0.25, 0.3) is 0 Å². The molecule has 0 saturated carbocycles. The Morgan fingerprint density at radius 3 is 2.52 bits per heavy atom. The van der Waals surface area contributed by atoms with Crippen LogP contribution in [0.4, 0.5) is 11.6 Å². The molecule has 0 spiro atoms. The molecule has 0 saturated heterocycles. The summed E-state index contributed by atoms with van der Waals surface area (Å²) < 4.78 is 7.07. The van der Waals surface area contributed by atoms with Crippen molar-refractivity contribution >= 4 is 23.5 Å². The first-order valence-corrected chi connectivity index (χ1v) is 10.9. The summed E-state index contributed by atoms with van der Waals surface area (Å²) in [5.41, 5.74) is 4.80. The van der Waals surface area contributed by atoms with E-state index in [0.717, 1.165) is 16.7 Å². The Bertz CT molecular complexity index is 1210. The number of aryl methyl sites for hydroxylation is 2. The zero-order valence-electron chi connectivity index (χ0n) is 19.2. The average molecular weight is 446 g/mol. The van der Waals surface area contributed by atoms with Gasteiger partial charge in [0.2, 0.25) is 11.9 Å². The quantitative estimate of drug-likeness (QED) is 0.581. The smallest absolute Gasteiger partial charge is 0.338 e. The van der Waals surface area contributed by atoms with Crippen LogP contribution < -0.4 is 10.2 Å². The summed E-state index contributed by atoms with van der Waals surface area (Å²) >= 11 is 0. The first-order chi connectivity index (χ1) is 15.9. The summed E-state index contributed by atoms with van der Waals surface area (Å²) in [5, 5.41) is 7.32. The lowest BCUT2D eigenvalue weighted by Crippen LogP contribution is -2.40. The Balaban J connectivity index is 1.73. The second-order valence-electron chi connectivity index (χ2n) is 8.04. The Morgan fingerprint density at radius 2 is 1.82 bits per heavy atom. The fourth-order valence-corrected chi connectivity index (χ4v) is 4.02. The number of carbonyl (C=O) groups is 2. The molecule has 1 atom stereocenters. The van der Waals surface area contributed by atoms with Crippen molar-refractivity contribution in [1.82, 2.24) is 14.8 Å². The molecule has 3 aromatic rings. The number of rotatable bonds is 6. The van der Waals surface area contributed by atoms with Crippen molar-refractivity contribution in [2.24, 2.45) is 0 Å². The number of anilines is 2. The van der Waals surface area contributed by atoms with Crippen molar-refractivity contribution in [2.45, 2.75) is 33.7 Å². The van der Waals surface area contributed by atoms with Gasteiger partial charge in [0.1, 0.15) is 18.9 Å². The van der Waals surface area contributed by atoms with Gasteiger partial charge < -0.3 is 15.0 Å². The van der Waals surface area contributed by atoms with E-state index in [1.54, 1.807) is 16.5 Å². The number of amides is 1. The molecule has 2 heterocycles. The number of esters is 1. The molecule has 33 heavy (non-hydrogen) atoms. The van der Waals surface area contributed by atoms with E-state index in [1.807, 2.05) is 69.3 Å². The molecular formula is C25H27N5O3. The van der Waals surface area contributed by atoms with Crippen LogP contribution in [-0.4, -0.2) is 39.8 Å². The zero-order chi connectivity index (χ0) is 23.5. The molecule has 0 bridgehead atoms. The molecular weight excluding hydrogens is 418 g/mol. The Kier molecular flexibility index (Phi) is 6.26. The first kappa shape index (κ1) is 22.3. The third-order valence-electron chi connectivity index (χ3n) is 5.60. The summed E-state index contributed by atoms with van der Waals surface area (Å²) in [6.45, 7) is 7.77. The first-order valence-electron chi connectivity index (χ1n) is 10.9. The molecule has 1 aromatic heterocycles. The van der Waals surface area contributed by atoms with E-state index in [4.69, 9.17) is 4.74 Å². The van der Waals surface area contributed by atoms with E-state index in [1.165, 1.54) is 6.33 Å². The van der Waals surface area contributed by atoms with E-state index in [9.17, 15) is 9.59 Å². The van der Waals surface area contributed by atoms with Gasteiger partial charge in [-0.15, -0.1) is 0 Å².